The van der Waals surface area contributed by atoms with Crippen molar-refractivity contribution in [3.63, 3.8) is 0 Å². The first-order valence-electron chi connectivity index (χ1n) is 8.08. The Labute approximate surface area is 150 Å². The summed E-state index contributed by atoms with van der Waals surface area (Å²) in [6, 6.07) is 12.6. The number of nitrogen functional groups attached to an aromatic ring is 1. The summed E-state index contributed by atoms with van der Waals surface area (Å²) in [7, 11) is 0. The van der Waals surface area contributed by atoms with Crippen LogP contribution in [0.3, 0.4) is 0 Å². The summed E-state index contributed by atoms with van der Waals surface area (Å²) in [6.45, 7) is 2.74. The minimum Gasteiger partial charge on any atom is -0.384 e. The maximum Gasteiger partial charge on any atom is 0.231 e. The van der Waals surface area contributed by atoms with Crippen molar-refractivity contribution in [2.24, 2.45) is 0 Å². The first-order valence-corrected chi connectivity index (χ1v) is 8.08. The first-order chi connectivity index (χ1) is 12.3. The third-order valence-electron chi connectivity index (χ3n) is 3.82. The van der Waals surface area contributed by atoms with Crippen LogP contribution in [-0.4, -0.2) is 16.0 Å². The number of halogens is 1. The Hall–Kier alpha value is -3.22. The average Bonchev–Trinajstić information content (AvgIpc) is 3.05. The molecule has 2 heterocycles. The number of pyridine rings is 1. The lowest BCUT2D eigenvalue weighted by Gasteiger charge is -2.07. The number of hydrogen-bond donors (Lipinski definition) is 2. The molecule has 134 valence electrons. The van der Waals surface area contributed by atoms with Crippen LogP contribution >= 0.6 is 0 Å². The van der Waals surface area contributed by atoms with Gasteiger partial charge in [-0.05, 0) is 37.1 Å². The fourth-order valence-corrected chi connectivity index (χ4v) is 2.37. The van der Waals surface area contributed by atoms with Gasteiger partial charge in [-0.3, -0.25) is 10.1 Å². The highest BCUT2D eigenvalue weighted by atomic mass is 19.1. The smallest absolute Gasteiger partial charge is 0.231 e. The Bertz CT molecular complexity index is 897. The van der Waals surface area contributed by atoms with Crippen LogP contribution in [-0.2, 0) is 16.9 Å². The first kappa shape index (κ1) is 17.6. The monoisotopic (exact) mass is 354 g/mol. The lowest BCUT2D eigenvalue weighted by atomic mass is 10.0. The SMILES string of the molecule is CC(C)(F)c1cc(NC(=O)Cc2ccc(-c3ccc(N)nc3)cc2)on1. The summed E-state index contributed by atoms with van der Waals surface area (Å²) < 4.78 is 18.7. The zero-order valence-corrected chi connectivity index (χ0v) is 14.5. The van der Waals surface area contributed by atoms with Crippen molar-refractivity contribution in [1.29, 1.82) is 0 Å². The van der Waals surface area contributed by atoms with Crippen molar-refractivity contribution < 1.29 is 13.7 Å². The van der Waals surface area contributed by atoms with E-state index in [1.54, 1.807) is 12.3 Å². The van der Waals surface area contributed by atoms with Crippen molar-refractivity contribution in [2.45, 2.75) is 25.9 Å². The number of hydrogen-bond acceptors (Lipinski definition) is 5. The van der Waals surface area contributed by atoms with E-state index >= 15 is 0 Å². The van der Waals surface area contributed by atoms with E-state index in [1.165, 1.54) is 19.9 Å². The molecule has 3 N–H and O–H groups in total. The van der Waals surface area contributed by atoms with Gasteiger partial charge in [-0.1, -0.05) is 29.4 Å². The van der Waals surface area contributed by atoms with Gasteiger partial charge in [0, 0.05) is 17.8 Å². The second-order valence-electron chi connectivity index (χ2n) is 6.44. The van der Waals surface area contributed by atoms with Crippen LogP contribution in [0.4, 0.5) is 16.1 Å². The summed E-state index contributed by atoms with van der Waals surface area (Å²) in [5.74, 6) is 0.320. The number of carbonyl (C=O) groups is 1. The van der Waals surface area contributed by atoms with Crippen LogP contribution < -0.4 is 11.1 Å². The Kier molecular flexibility index (Phi) is 4.71. The van der Waals surface area contributed by atoms with Crippen LogP contribution in [0.5, 0.6) is 0 Å². The Morgan fingerprint density at radius 3 is 2.46 bits per heavy atom. The number of benzene rings is 1. The van der Waals surface area contributed by atoms with Crippen LogP contribution in [0.2, 0.25) is 0 Å². The van der Waals surface area contributed by atoms with Crippen molar-refractivity contribution in [3.05, 3.63) is 59.9 Å². The molecule has 0 aliphatic carbocycles. The molecule has 0 saturated carbocycles. The predicted molar refractivity (Wildman–Crippen MR) is 97.1 cm³/mol. The van der Waals surface area contributed by atoms with Gasteiger partial charge in [-0.2, -0.15) is 0 Å². The molecule has 0 aliphatic rings. The van der Waals surface area contributed by atoms with Gasteiger partial charge >= 0.3 is 0 Å². The molecule has 0 radical (unpaired) electrons. The average molecular weight is 354 g/mol. The van der Waals surface area contributed by atoms with E-state index in [0.29, 0.717) is 5.82 Å². The van der Waals surface area contributed by atoms with Gasteiger partial charge < -0.3 is 10.3 Å². The van der Waals surface area contributed by atoms with Gasteiger partial charge in [0.25, 0.3) is 0 Å². The predicted octanol–water partition coefficient (Wildman–Crippen LogP) is 3.70. The van der Waals surface area contributed by atoms with Crippen molar-refractivity contribution in [1.82, 2.24) is 10.1 Å². The second-order valence-corrected chi connectivity index (χ2v) is 6.44. The zero-order chi connectivity index (χ0) is 18.7. The van der Waals surface area contributed by atoms with Gasteiger partial charge in [-0.25, -0.2) is 9.37 Å². The van der Waals surface area contributed by atoms with Gasteiger partial charge in [0.2, 0.25) is 11.8 Å². The van der Waals surface area contributed by atoms with E-state index in [1.807, 2.05) is 30.3 Å². The highest BCUT2D eigenvalue weighted by Gasteiger charge is 2.24. The quantitative estimate of drug-likeness (QED) is 0.728. The van der Waals surface area contributed by atoms with Crippen molar-refractivity contribution in [2.75, 3.05) is 11.1 Å². The number of alkyl halides is 1. The van der Waals surface area contributed by atoms with E-state index in [4.69, 9.17) is 10.3 Å². The van der Waals surface area contributed by atoms with E-state index in [-0.39, 0.29) is 23.9 Å². The summed E-state index contributed by atoms with van der Waals surface area (Å²) >= 11 is 0. The molecule has 3 rings (SSSR count). The molecule has 3 aromatic rings. The van der Waals surface area contributed by atoms with E-state index in [9.17, 15) is 9.18 Å². The number of carbonyl (C=O) groups excluding carboxylic acids is 1. The van der Waals surface area contributed by atoms with Crippen molar-refractivity contribution >= 4 is 17.6 Å². The molecule has 0 unspecified atom stereocenters. The molecule has 6 nitrogen and oxygen atoms in total. The fourth-order valence-electron chi connectivity index (χ4n) is 2.37. The van der Waals surface area contributed by atoms with Crippen molar-refractivity contribution in [3.8, 4) is 11.1 Å². The molecular weight excluding hydrogens is 335 g/mol. The molecule has 2 aromatic heterocycles. The van der Waals surface area contributed by atoms with Gasteiger partial charge in [0.15, 0.2) is 5.67 Å². The highest BCUT2D eigenvalue weighted by Crippen LogP contribution is 2.25. The molecule has 0 atom stereocenters. The van der Waals surface area contributed by atoms with Crippen LogP contribution in [0, 0.1) is 0 Å². The fraction of sp³-hybridized carbons (Fsp3) is 0.211. The molecule has 0 saturated heterocycles. The Morgan fingerprint density at radius 2 is 1.88 bits per heavy atom. The topological polar surface area (TPSA) is 94.0 Å². The summed E-state index contributed by atoms with van der Waals surface area (Å²) in [5.41, 5.74) is 6.85. The molecular formula is C19H19FN4O2. The van der Waals surface area contributed by atoms with Gasteiger partial charge in [-0.15, -0.1) is 0 Å². The maximum absolute atomic E-state index is 13.8. The maximum atomic E-state index is 13.8. The summed E-state index contributed by atoms with van der Waals surface area (Å²) in [5, 5.41) is 6.20. The van der Waals surface area contributed by atoms with E-state index < -0.39 is 5.67 Å². The lowest BCUT2D eigenvalue weighted by Crippen LogP contribution is -2.14. The number of nitrogens with one attached hydrogen (secondary N) is 1. The van der Waals surface area contributed by atoms with Gasteiger partial charge in [0.05, 0.1) is 6.42 Å². The number of anilines is 2. The van der Waals surface area contributed by atoms with E-state index in [0.717, 1.165) is 16.7 Å². The van der Waals surface area contributed by atoms with Gasteiger partial charge in [0.1, 0.15) is 11.5 Å². The zero-order valence-electron chi connectivity index (χ0n) is 14.5. The molecule has 0 spiro atoms. The second kappa shape index (κ2) is 6.95. The highest BCUT2D eigenvalue weighted by molar-refractivity contribution is 5.91. The lowest BCUT2D eigenvalue weighted by molar-refractivity contribution is -0.115. The molecule has 0 fully saturated rings. The minimum atomic E-state index is -1.63. The number of nitrogens with zero attached hydrogens (tertiary/aromatic N) is 2. The Balaban J connectivity index is 1.62. The minimum absolute atomic E-state index is 0.125. The summed E-state index contributed by atoms with van der Waals surface area (Å²) in [6.07, 6.45) is 1.86. The third kappa shape index (κ3) is 4.24. The molecule has 1 amide bonds. The molecule has 0 bridgehead atoms. The molecule has 0 aliphatic heterocycles. The standard InChI is InChI=1S/C19H19FN4O2/c1-19(2,20)15-10-18(26-24-15)23-17(25)9-12-3-5-13(6-4-12)14-7-8-16(21)22-11-14/h3-8,10-11H,9H2,1-2H3,(H2,21,22)(H,23,25). The number of nitrogens with two attached hydrogens (primary N) is 1. The largest absolute Gasteiger partial charge is 0.384 e. The third-order valence-corrected chi connectivity index (χ3v) is 3.82. The molecule has 7 heteroatoms. The number of amides is 1. The molecule has 26 heavy (non-hydrogen) atoms. The van der Waals surface area contributed by atoms with Crippen LogP contribution in [0.25, 0.3) is 11.1 Å². The summed E-state index contributed by atoms with van der Waals surface area (Å²) in [4.78, 5) is 16.2. The van der Waals surface area contributed by atoms with Crippen LogP contribution in [0.1, 0.15) is 25.1 Å². The van der Waals surface area contributed by atoms with Crippen LogP contribution in [0.15, 0.2) is 53.2 Å². The number of aromatic nitrogens is 2. The van der Waals surface area contributed by atoms with E-state index in [2.05, 4.69) is 15.5 Å². The Morgan fingerprint density at radius 1 is 1.19 bits per heavy atom. The normalized spacial score (nSPS) is 11.3. The number of rotatable bonds is 5. The molecule has 1 aromatic carbocycles.